The van der Waals surface area contributed by atoms with Gasteiger partial charge >= 0.3 is 17.9 Å². The monoisotopic (exact) mass is 533 g/mol. The fourth-order valence-corrected chi connectivity index (χ4v) is 5.57. The fourth-order valence-electron chi connectivity index (χ4n) is 4.28. The molecule has 202 valence electrons. The van der Waals surface area contributed by atoms with Crippen LogP contribution in [0.2, 0.25) is 0 Å². The maximum absolute atomic E-state index is 12.8. The van der Waals surface area contributed by atoms with Crippen molar-refractivity contribution in [3.05, 3.63) is 51.9 Å². The Morgan fingerprint density at radius 1 is 1.05 bits per heavy atom. The molecule has 10 nitrogen and oxygen atoms in total. The summed E-state index contributed by atoms with van der Waals surface area (Å²) >= 11 is 1.47. The molecule has 2 heterocycles. The van der Waals surface area contributed by atoms with Gasteiger partial charge in [-0.2, -0.15) is 0 Å². The van der Waals surface area contributed by atoms with E-state index in [0.29, 0.717) is 30.1 Å². The molecule has 1 aliphatic heterocycles. The van der Waals surface area contributed by atoms with Crippen molar-refractivity contribution >= 4 is 40.2 Å². The number of amides is 1. The third kappa shape index (κ3) is 8.66. The van der Waals surface area contributed by atoms with Crippen LogP contribution < -0.4 is 16.0 Å². The number of carboxylic acid groups (broad SMARTS) is 2. The summed E-state index contributed by atoms with van der Waals surface area (Å²) in [4.78, 5) is 44.7. The Morgan fingerprint density at radius 3 is 2.24 bits per heavy atom. The fraction of sp³-hybridized carbons (Fsp3) is 0.462. The van der Waals surface area contributed by atoms with E-state index in [1.165, 1.54) is 16.9 Å². The smallest absolute Gasteiger partial charge is 0.414 e. The second kappa shape index (κ2) is 12.8. The number of benzene rings is 1. The highest BCUT2D eigenvalue weighted by Gasteiger charge is 2.42. The summed E-state index contributed by atoms with van der Waals surface area (Å²) in [5.41, 5.74) is 2.23. The van der Waals surface area contributed by atoms with Gasteiger partial charge in [0.2, 0.25) is 5.91 Å². The highest BCUT2D eigenvalue weighted by molar-refractivity contribution is 7.17. The molecule has 0 unspecified atom stereocenters. The average Bonchev–Trinajstić information content (AvgIpc) is 3.15. The first-order chi connectivity index (χ1) is 17.3. The maximum atomic E-state index is 12.8. The molecule has 1 amide bonds. The zero-order chi connectivity index (χ0) is 27.8. The molecule has 2 aromatic rings. The Labute approximate surface area is 220 Å². The lowest BCUT2D eigenvalue weighted by molar-refractivity contribution is -0.159. The number of aliphatic carboxylic acids is 2. The number of hydrogen-bond acceptors (Lipinski definition) is 8. The highest BCUT2D eigenvalue weighted by atomic mass is 32.1. The molecule has 37 heavy (non-hydrogen) atoms. The molecule has 0 atom stereocenters. The number of carbonyl (C=O) groups excluding carboxylic acids is 2. The molecule has 0 bridgehead atoms. The zero-order valence-corrected chi connectivity index (χ0v) is 22.6. The SMILES string of the molecule is CCOC(=O)c1c(NC(=O)CNCCc2ccccc2)sc2c1CC(C)(C)NC2(C)C.O=C(O)C(=O)O. The second-order valence-electron chi connectivity index (χ2n) is 9.72. The normalized spacial score (nSPS) is 14.9. The van der Waals surface area contributed by atoms with Crippen LogP contribution in [0.1, 0.15) is 61.0 Å². The lowest BCUT2D eigenvalue weighted by Gasteiger charge is -2.42. The second-order valence-corrected chi connectivity index (χ2v) is 10.7. The summed E-state index contributed by atoms with van der Waals surface area (Å²) in [6, 6.07) is 10.1. The van der Waals surface area contributed by atoms with E-state index in [9.17, 15) is 9.59 Å². The van der Waals surface area contributed by atoms with Gasteiger partial charge in [-0.1, -0.05) is 30.3 Å². The number of fused-ring (bicyclic) bond motifs is 1. The minimum atomic E-state index is -1.82. The molecule has 1 aromatic heterocycles. The quantitative estimate of drug-likeness (QED) is 0.196. The van der Waals surface area contributed by atoms with E-state index in [2.05, 4.69) is 55.8 Å². The van der Waals surface area contributed by atoms with Gasteiger partial charge in [-0.05, 0) is 65.1 Å². The first-order valence-electron chi connectivity index (χ1n) is 11.9. The summed E-state index contributed by atoms with van der Waals surface area (Å²) in [6.45, 7) is 11.4. The van der Waals surface area contributed by atoms with Crippen molar-refractivity contribution in [2.45, 2.75) is 58.5 Å². The molecule has 0 radical (unpaired) electrons. The van der Waals surface area contributed by atoms with Gasteiger partial charge in [0.1, 0.15) is 5.00 Å². The van der Waals surface area contributed by atoms with Crippen molar-refractivity contribution in [1.82, 2.24) is 10.6 Å². The first kappa shape index (κ1) is 29.9. The largest absolute Gasteiger partial charge is 0.473 e. The number of rotatable bonds is 8. The summed E-state index contributed by atoms with van der Waals surface area (Å²) < 4.78 is 5.34. The summed E-state index contributed by atoms with van der Waals surface area (Å²) in [5, 5.41) is 25.1. The van der Waals surface area contributed by atoms with Gasteiger partial charge in [-0.25, -0.2) is 14.4 Å². The van der Waals surface area contributed by atoms with Crippen LogP contribution in [0, 0.1) is 0 Å². The van der Waals surface area contributed by atoms with Crippen LogP contribution in [-0.2, 0) is 37.5 Å². The van der Waals surface area contributed by atoms with Crippen molar-refractivity contribution in [3.63, 3.8) is 0 Å². The number of nitrogens with one attached hydrogen (secondary N) is 3. The van der Waals surface area contributed by atoms with Crippen LogP contribution in [0.15, 0.2) is 30.3 Å². The molecule has 0 saturated heterocycles. The molecule has 0 saturated carbocycles. The van der Waals surface area contributed by atoms with Crippen molar-refractivity contribution in [3.8, 4) is 0 Å². The number of anilines is 1. The van der Waals surface area contributed by atoms with Crippen LogP contribution in [0.5, 0.6) is 0 Å². The lowest BCUT2D eigenvalue weighted by Crippen LogP contribution is -2.55. The topological polar surface area (TPSA) is 154 Å². The third-order valence-corrected chi connectivity index (χ3v) is 6.95. The van der Waals surface area contributed by atoms with Crippen LogP contribution in [0.3, 0.4) is 0 Å². The van der Waals surface area contributed by atoms with E-state index in [-0.39, 0.29) is 29.5 Å². The van der Waals surface area contributed by atoms with Crippen molar-refractivity contribution in [1.29, 1.82) is 0 Å². The number of ether oxygens (including phenoxy) is 1. The van der Waals surface area contributed by atoms with E-state index < -0.39 is 11.9 Å². The van der Waals surface area contributed by atoms with Crippen molar-refractivity contribution in [2.75, 3.05) is 25.0 Å². The van der Waals surface area contributed by atoms with Gasteiger partial charge in [0.05, 0.1) is 18.7 Å². The zero-order valence-electron chi connectivity index (χ0n) is 21.8. The molecule has 5 N–H and O–H groups in total. The molecule has 1 aliphatic rings. The number of thiophene rings is 1. The Morgan fingerprint density at radius 2 is 1.68 bits per heavy atom. The minimum Gasteiger partial charge on any atom is -0.473 e. The van der Waals surface area contributed by atoms with E-state index in [0.717, 1.165) is 16.9 Å². The van der Waals surface area contributed by atoms with Gasteiger partial charge in [-0.15, -0.1) is 11.3 Å². The predicted octanol–water partition coefficient (Wildman–Crippen LogP) is 3.01. The standard InChI is InChI=1S/C24H33N3O3S.C2H2O4/c1-6-30-22(29)19-17-14-23(2,3)27-24(4,5)20(17)31-21(19)26-18(28)15-25-13-12-16-10-8-7-9-11-16;3-1(4)2(5)6/h7-11,25,27H,6,12-15H2,1-5H3,(H,26,28);(H,3,4)(H,5,6). The number of hydrogen-bond donors (Lipinski definition) is 5. The van der Waals surface area contributed by atoms with E-state index in [1.54, 1.807) is 6.92 Å². The molecular weight excluding hydrogens is 498 g/mol. The molecule has 1 aromatic carbocycles. The van der Waals surface area contributed by atoms with Gasteiger partial charge in [0.15, 0.2) is 0 Å². The van der Waals surface area contributed by atoms with Crippen molar-refractivity contribution < 1.29 is 34.1 Å². The van der Waals surface area contributed by atoms with Crippen molar-refractivity contribution in [2.24, 2.45) is 0 Å². The van der Waals surface area contributed by atoms with E-state index in [4.69, 9.17) is 24.5 Å². The molecule has 3 rings (SSSR count). The highest BCUT2D eigenvalue weighted by Crippen LogP contribution is 2.45. The Balaban J connectivity index is 0.000000717. The number of carbonyl (C=O) groups is 4. The Kier molecular flexibility index (Phi) is 10.4. The van der Waals surface area contributed by atoms with Gasteiger partial charge in [0.25, 0.3) is 0 Å². The van der Waals surface area contributed by atoms with E-state index in [1.807, 2.05) is 18.2 Å². The molecule has 0 fully saturated rings. The molecular formula is C26H35N3O7S. The molecule has 0 spiro atoms. The van der Waals surface area contributed by atoms with Crippen LogP contribution >= 0.6 is 11.3 Å². The molecule has 11 heteroatoms. The number of esters is 1. The summed E-state index contributed by atoms with van der Waals surface area (Å²) in [5.74, 6) is -4.19. The van der Waals surface area contributed by atoms with Gasteiger partial charge in [0, 0.05) is 16.0 Å². The van der Waals surface area contributed by atoms with Crippen LogP contribution in [0.4, 0.5) is 5.00 Å². The minimum absolute atomic E-state index is 0.165. The Hall–Kier alpha value is -3.28. The first-order valence-corrected chi connectivity index (χ1v) is 12.7. The average molecular weight is 534 g/mol. The van der Waals surface area contributed by atoms with Gasteiger partial charge in [-0.3, -0.25) is 4.79 Å². The predicted molar refractivity (Wildman–Crippen MR) is 141 cm³/mol. The maximum Gasteiger partial charge on any atom is 0.414 e. The third-order valence-electron chi connectivity index (χ3n) is 5.48. The Bertz CT molecular complexity index is 1110. The van der Waals surface area contributed by atoms with Crippen LogP contribution in [-0.4, -0.2) is 59.3 Å². The van der Waals surface area contributed by atoms with Gasteiger partial charge < -0.3 is 30.9 Å². The molecule has 0 aliphatic carbocycles. The number of carboxylic acids is 2. The van der Waals surface area contributed by atoms with E-state index >= 15 is 0 Å². The summed E-state index contributed by atoms with van der Waals surface area (Å²) in [7, 11) is 0. The lowest BCUT2D eigenvalue weighted by atomic mass is 9.81. The summed E-state index contributed by atoms with van der Waals surface area (Å²) in [6.07, 6.45) is 1.55. The van der Waals surface area contributed by atoms with Crippen LogP contribution in [0.25, 0.3) is 0 Å².